The van der Waals surface area contributed by atoms with Crippen molar-refractivity contribution >= 4 is 28.7 Å². The van der Waals surface area contributed by atoms with Gasteiger partial charge in [0.2, 0.25) is 0 Å². The third-order valence-electron chi connectivity index (χ3n) is 4.54. The van der Waals surface area contributed by atoms with Crippen LogP contribution in [0.5, 0.6) is 0 Å². The largest absolute Gasteiger partial charge is 0.339 e. The highest BCUT2D eigenvalue weighted by molar-refractivity contribution is 7.99. The van der Waals surface area contributed by atoms with Gasteiger partial charge in [-0.2, -0.15) is 16.9 Å². The average molecular weight is 332 g/mol. The zero-order chi connectivity index (χ0) is 16.6. The molecule has 1 amide bonds. The topological polar surface area (TPSA) is 51.0 Å². The minimum atomic E-state index is 0.105. The summed E-state index contributed by atoms with van der Waals surface area (Å²) < 4.78 is 1.90. The Balaban J connectivity index is 1.88. The highest BCUT2D eigenvalue weighted by atomic mass is 32.2. The number of carbonyl (C=O) groups excluding carboxylic acids is 1. The van der Waals surface area contributed by atoms with Crippen LogP contribution in [0.25, 0.3) is 11.0 Å². The first-order valence-electron chi connectivity index (χ1n) is 8.18. The smallest absolute Gasteiger partial charge is 0.255 e. The molecule has 0 aliphatic carbocycles. The van der Waals surface area contributed by atoms with Crippen molar-refractivity contribution in [3.8, 4) is 0 Å². The first-order chi connectivity index (χ1) is 11.0. The van der Waals surface area contributed by atoms with Crippen molar-refractivity contribution in [2.75, 3.05) is 19.3 Å². The molecule has 124 valence electrons. The fraction of sp³-hybridized carbons (Fsp3) is 0.588. The van der Waals surface area contributed by atoms with Gasteiger partial charge in [0, 0.05) is 29.8 Å². The van der Waals surface area contributed by atoms with Crippen molar-refractivity contribution in [1.29, 1.82) is 0 Å². The van der Waals surface area contributed by atoms with E-state index in [0.717, 1.165) is 42.7 Å². The van der Waals surface area contributed by atoms with Crippen LogP contribution in [0.4, 0.5) is 0 Å². The van der Waals surface area contributed by atoms with Gasteiger partial charge >= 0.3 is 0 Å². The molecule has 0 N–H and O–H groups in total. The van der Waals surface area contributed by atoms with E-state index in [1.54, 1.807) is 6.20 Å². The van der Waals surface area contributed by atoms with Crippen LogP contribution in [0.1, 0.15) is 48.8 Å². The lowest BCUT2D eigenvalue weighted by atomic mass is 10.1. The molecule has 23 heavy (non-hydrogen) atoms. The number of fused-ring (bicyclic) bond motifs is 1. The van der Waals surface area contributed by atoms with Gasteiger partial charge in [0.1, 0.15) is 0 Å². The summed E-state index contributed by atoms with van der Waals surface area (Å²) in [4.78, 5) is 19.5. The third-order valence-corrected chi connectivity index (χ3v) is 5.68. The fourth-order valence-electron chi connectivity index (χ4n) is 3.13. The Labute approximate surface area is 141 Å². The standard InChI is InChI=1S/C17H24N4OS/c1-11(2)21-16-13(10-18-21)9-15(12(3)19-16)17(22)20-7-5-14(23-4)6-8-20/h9-11,14H,5-8H2,1-4H3. The van der Waals surface area contributed by atoms with Crippen LogP contribution >= 0.6 is 11.8 Å². The van der Waals surface area contributed by atoms with Gasteiger partial charge in [-0.15, -0.1) is 0 Å². The maximum atomic E-state index is 12.9. The first kappa shape index (κ1) is 16.3. The average Bonchev–Trinajstić information content (AvgIpc) is 2.96. The minimum Gasteiger partial charge on any atom is -0.339 e. The molecule has 6 heteroatoms. The number of aryl methyl sites for hydroxylation is 1. The number of amides is 1. The predicted molar refractivity (Wildman–Crippen MR) is 95.1 cm³/mol. The Hall–Kier alpha value is -1.56. The van der Waals surface area contributed by atoms with E-state index < -0.39 is 0 Å². The number of aromatic nitrogens is 3. The number of rotatable bonds is 3. The van der Waals surface area contributed by atoms with E-state index in [1.165, 1.54) is 0 Å². The van der Waals surface area contributed by atoms with Gasteiger partial charge in [-0.25, -0.2) is 9.67 Å². The molecule has 0 radical (unpaired) electrons. The number of hydrogen-bond donors (Lipinski definition) is 0. The summed E-state index contributed by atoms with van der Waals surface area (Å²) in [6, 6.07) is 2.21. The number of likely N-dealkylation sites (tertiary alicyclic amines) is 1. The fourth-order valence-corrected chi connectivity index (χ4v) is 3.81. The quantitative estimate of drug-likeness (QED) is 0.865. The van der Waals surface area contributed by atoms with Gasteiger partial charge in [0.25, 0.3) is 5.91 Å². The molecule has 1 fully saturated rings. The molecule has 3 rings (SSSR count). The van der Waals surface area contributed by atoms with Gasteiger partial charge in [0.05, 0.1) is 17.5 Å². The van der Waals surface area contributed by atoms with Crippen LogP contribution in [0.15, 0.2) is 12.3 Å². The van der Waals surface area contributed by atoms with E-state index in [-0.39, 0.29) is 11.9 Å². The predicted octanol–water partition coefficient (Wildman–Crippen LogP) is 3.29. The highest BCUT2D eigenvalue weighted by Crippen LogP contribution is 2.24. The molecular formula is C17H24N4OS. The number of thioether (sulfide) groups is 1. The molecule has 2 aromatic rings. The zero-order valence-electron chi connectivity index (χ0n) is 14.2. The van der Waals surface area contributed by atoms with E-state index in [4.69, 9.17) is 0 Å². The molecule has 0 bridgehead atoms. The van der Waals surface area contributed by atoms with E-state index in [0.29, 0.717) is 10.8 Å². The van der Waals surface area contributed by atoms with E-state index in [2.05, 4.69) is 30.2 Å². The van der Waals surface area contributed by atoms with Crippen LogP contribution in [0.3, 0.4) is 0 Å². The van der Waals surface area contributed by atoms with Crippen molar-refractivity contribution in [1.82, 2.24) is 19.7 Å². The molecule has 2 aromatic heterocycles. The van der Waals surface area contributed by atoms with Crippen LogP contribution in [-0.2, 0) is 0 Å². The lowest BCUT2D eigenvalue weighted by Gasteiger charge is -2.31. The molecule has 1 aliphatic rings. The minimum absolute atomic E-state index is 0.105. The molecule has 3 heterocycles. The summed E-state index contributed by atoms with van der Waals surface area (Å²) in [5.41, 5.74) is 2.36. The summed E-state index contributed by atoms with van der Waals surface area (Å²) in [5, 5.41) is 6.02. The summed E-state index contributed by atoms with van der Waals surface area (Å²) in [7, 11) is 0. The summed E-state index contributed by atoms with van der Waals surface area (Å²) in [6.45, 7) is 7.76. The summed E-state index contributed by atoms with van der Waals surface area (Å²) in [6.07, 6.45) is 6.11. The lowest BCUT2D eigenvalue weighted by Crippen LogP contribution is -2.39. The maximum absolute atomic E-state index is 12.9. The molecule has 0 unspecified atom stereocenters. The molecule has 0 spiro atoms. The highest BCUT2D eigenvalue weighted by Gasteiger charge is 2.25. The van der Waals surface area contributed by atoms with Crippen molar-refractivity contribution in [3.63, 3.8) is 0 Å². The van der Waals surface area contributed by atoms with Gasteiger partial charge in [0.15, 0.2) is 5.65 Å². The number of nitrogens with zero attached hydrogens (tertiary/aromatic N) is 4. The molecule has 5 nitrogen and oxygen atoms in total. The van der Waals surface area contributed by atoms with E-state index in [9.17, 15) is 4.79 Å². The first-order valence-corrected chi connectivity index (χ1v) is 9.47. The Kier molecular flexibility index (Phi) is 4.62. The van der Waals surface area contributed by atoms with Gasteiger partial charge in [-0.1, -0.05) is 0 Å². The normalized spacial score (nSPS) is 16.5. The second-order valence-electron chi connectivity index (χ2n) is 6.44. The molecule has 1 saturated heterocycles. The van der Waals surface area contributed by atoms with Crippen LogP contribution in [0, 0.1) is 6.92 Å². The van der Waals surface area contributed by atoms with Crippen LogP contribution in [-0.4, -0.2) is 50.2 Å². The maximum Gasteiger partial charge on any atom is 0.255 e. The summed E-state index contributed by atoms with van der Waals surface area (Å²) in [5.74, 6) is 0.105. The Bertz CT molecular complexity index is 717. The molecule has 0 saturated carbocycles. The Morgan fingerprint density at radius 2 is 2.04 bits per heavy atom. The molecule has 1 aliphatic heterocycles. The third kappa shape index (κ3) is 3.09. The molecule has 0 atom stereocenters. The number of hydrogen-bond acceptors (Lipinski definition) is 4. The van der Waals surface area contributed by atoms with Crippen molar-refractivity contribution in [3.05, 3.63) is 23.5 Å². The summed E-state index contributed by atoms with van der Waals surface area (Å²) >= 11 is 1.90. The Morgan fingerprint density at radius 1 is 1.35 bits per heavy atom. The van der Waals surface area contributed by atoms with Crippen molar-refractivity contribution < 1.29 is 4.79 Å². The lowest BCUT2D eigenvalue weighted by molar-refractivity contribution is 0.0726. The monoisotopic (exact) mass is 332 g/mol. The zero-order valence-corrected chi connectivity index (χ0v) is 15.1. The number of pyridine rings is 1. The SMILES string of the molecule is CSC1CCN(C(=O)c2cc3cnn(C(C)C)c3nc2C)CC1. The Morgan fingerprint density at radius 3 is 2.65 bits per heavy atom. The molecule has 0 aromatic carbocycles. The van der Waals surface area contributed by atoms with E-state index in [1.807, 2.05) is 34.3 Å². The molecular weight excluding hydrogens is 308 g/mol. The van der Waals surface area contributed by atoms with Gasteiger partial charge in [-0.05, 0) is 45.9 Å². The number of piperidine rings is 1. The van der Waals surface area contributed by atoms with Crippen LogP contribution in [0.2, 0.25) is 0 Å². The van der Waals surface area contributed by atoms with Gasteiger partial charge < -0.3 is 4.90 Å². The van der Waals surface area contributed by atoms with E-state index >= 15 is 0 Å². The van der Waals surface area contributed by atoms with Gasteiger partial charge in [-0.3, -0.25) is 4.79 Å². The number of carbonyl (C=O) groups is 1. The second kappa shape index (κ2) is 6.51. The van der Waals surface area contributed by atoms with Crippen molar-refractivity contribution in [2.45, 2.75) is 44.9 Å². The second-order valence-corrected chi connectivity index (χ2v) is 7.58. The van der Waals surface area contributed by atoms with Crippen LogP contribution < -0.4 is 0 Å². The van der Waals surface area contributed by atoms with Crippen molar-refractivity contribution in [2.24, 2.45) is 0 Å².